The van der Waals surface area contributed by atoms with Crippen molar-refractivity contribution in [2.24, 2.45) is 0 Å². The van der Waals surface area contributed by atoms with Crippen LogP contribution in [0.1, 0.15) is 10.4 Å². The van der Waals surface area contributed by atoms with E-state index in [-0.39, 0.29) is 23.3 Å². The fourth-order valence-corrected chi connectivity index (χ4v) is 3.62. The minimum Gasteiger partial charge on any atom is -0.338 e. The van der Waals surface area contributed by atoms with Crippen LogP contribution in [0.3, 0.4) is 0 Å². The Hall–Kier alpha value is -2.87. The minimum absolute atomic E-state index is 0.00478. The van der Waals surface area contributed by atoms with Crippen LogP contribution in [0.25, 0.3) is 0 Å². The van der Waals surface area contributed by atoms with Gasteiger partial charge in [0.2, 0.25) is 5.91 Å². The lowest BCUT2D eigenvalue weighted by Gasteiger charge is -2.34. The molecule has 0 aliphatic carbocycles. The van der Waals surface area contributed by atoms with E-state index in [4.69, 9.17) is 0 Å². The van der Waals surface area contributed by atoms with Gasteiger partial charge in [0, 0.05) is 48.8 Å². The fourth-order valence-electron chi connectivity index (χ4n) is 2.82. The van der Waals surface area contributed by atoms with Crippen LogP contribution in [-0.4, -0.2) is 58.5 Å². The number of hydrogen-bond acceptors (Lipinski definition) is 5. The molecule has 0 saturated carbocycles. The zero-order chi connectivity index (χ0) is 19.2. The number of nitro benzene ring substituents is 1. The normalized spacial score (nSPS) is 14.1. The lowest BCUT2D eigenvalue weighted by molar-refractivity contribution is -0.384. The maximum Gasteiger partial charge on any atom is 0.269 e. The Balaban J connectivity index is 1.47. The van der Waals surface area contributed by atoms with Crippen LogP contribution in [0.15, 0.2) is 59.5 Å². The number of amides is 2. The summed E-state index contributed by atoms with van der Waals surface area (Å²) in [7, 11) is 0. The number of non-ortho nitro benzene ring substituents is 1. The Bertz CT molecular complexity index is 819. The van der Waals surface area contributed by atoms with Crippen molar-refractivity contribution >= 4 is 29.3 Å². The van der Waals surface area contributed by atoms with Gasteiger partial charge in [-0.2, -0.15) is 0 Å². The summed E-state index contributed by atoms with van der Waals surface area (Å²) in [5.74, 6) is 0.262. The number of hydrogen-bond donors (Lipinski definition) is 0. The minimum atomic E-state index is -0.449. The molecule has 140 valence electrons. The highest BCUT2D eigenvalue weighted by Gasteiger charge is 2.24. The number of carbonyl (C=O) groups excluding carboxylic acids is 2. The van der Waals surface area contributed by atoms with Crippen molar-refractivity contribution in [3.05, 3.63) is 70.3 Å². The van der Waals surface area contributed by atoms with E-state index in [1.807, 2.05) is 18.2 Å². The van der Waals surface area contributed by atoms with Gasteiger partial charge in [-0.25, -0.2) is 0 Å². The fraction of sp³-hybridized carbons (Fsp3) is 0.263. The summed E-state index contributed by atoms with van der Waals surface area (Å²) in [6, 6.07) is 15.3. The topological polar surface area (TPSA) is 83.8 Å². The van der Waals surface area contributed by atoms with Gasteiger partial charge in [0.05, 0.1) is 10.7 Å². The van der Waals surface area contributed by atoms with Crippen molar-refractivity contribution in [1.29, 1.82) is 0 Å². The van der Waals surface area contributed by atoms with Gasteiger partial charge in [-0.1, -0.05) is 18.2 Å². The molecular weight excluding hydrogens is 366 g/mol. The molecule has 0 radical (unpaired) electrons. The van der Waals surface area contributed by atoms with Gasteiger partial charge in [-0.3, -0.25) is 19.7 Å². The molecule has 0 aromatic heterocycles. The first-order valence-electron chi connectivity index (χ1n) is 8.54. The van der Waals surface area contributed by atoms with Crippen molar-refractivity contribution < 1.29 is 14.5 Å². The highest BCUT2D eigenvalue weighted by atomic mass is 32.2. The number of piperazine rings is 1. The molecule has 0 unspecified atom stereocenters. The summed E-state index contributed by atoms with van der Waals surface area (Å²) in [6.07, 6.45) is 0. The van der Waals surface area contributed by atoms with E-state index in [2.05, 4.69) is 0 Å². The molecule has 27 heavy (non-hydrogen) atoms. The largest absolute Gasteiger partial charge is 0.338 e. The lowest BCUT2D eigenvalue weighted by atomic mass is 10.2. The second-order valence-corrected chi connectivity index (χ2v) is 7.13. The quantitative estimate of drug-likeness (QED) is 0.449. The molecule has 1 saturated heterocycles. The molecule has 0 atom stereocenters. The van der Waals surface area contributed by atoms with Crippen LogP contribution < -0.4 is 0 Å². The first-order valence-corrected chi connectivity index (χ1v) is 9.52. The monoisotopic (exact) mass is 385 g/mol. The standard InChI is InChI=1S/C19H19N3O4S/c23-18(14-27-17-8-6-16(7-9-17)22(25)26)20-10-12-21(13-11-20)19(24)15-4-2-1-3-5-15/h1-9H,10-14H2. The van der Waals surface area contributed by atoms with Crippen LogP contribution >= 0.6 is 11.8 Å². The van der Waals surface area contributed by atoms with Gasteiger partial charge in [-0.15, -0.1) is 11.8 Å². The van der Waals surface area contributed by atoms with Gasteiger partial charge >= 0.3 is 0 Å². The average Bonchev–Trinajstić information content (AvgIpc) is 2.72. The summed E-state index contributed by atoms with van der Waals surface area (Å²) in [5, 5.41) is 10.7. The van der Waals surface area contributed by atoms with E-state index in [9.17, 15) is 19.7 Å². The number of nitrogens with zero attached hydrogens (tertiary/aromatic N) is 3. The molecule has 1 aliphatic rings. The first kappa shape index (κ1) is 18.9. The van der Waals surface area contributed by atoms with Gasteiger partial charge in [0.15, 0.2) is 0 Å². The predicted molar refractivity (Wildman–Crippen MR) is 103 cm³/mol. The molecule has 7 nitrogen and oxygen atoms in total. The van der Waals surface area contributed by atoms with Crippen LogP contribution in [-0.2, 0) is 4.79 Å². The van der Waals surface area contributed by atoms with Gasteiger partial charge in [0.1, 0.15) is 0 Å². The second-order valence-electron chi connectivity index (χ2n) is 6.08. The molecule has 1 fully saturated rings. The maximum atomic E-state index is 12.4. The van der Waals surface area contributed by atoms with Gasteiger partial charge in [0.25, 0.3) is 11.6 Å². The third-order valence-corrected chi connectivity index (χ3v) is 5.35. The number of carbonyl (C=O) groups is 2. The van der Waals surface area contributed by atoms with E-state index < -0.39 is 4.92 Å². The van der Waals surface area contributed by atoms with Gasteiger partial charge < -0.3 is 9.80 Å². The summed E-state index contributed by atoms with van der Waals surface area (Å²) < 4.78 is 0. The molecule has 2 aromatic carbocycles. The number of benzene rings is 2. The van der Waals surface area contributed by atoms with E-state index in [1.54, 1.807) is 34.1 Å². The molecular formula is C19H19N3O4S. The van der Waals surface area contributed by atoms with Crippen molar-refractivity contribution in [1.82, 2.24) is 9.80 Å². The second kappa shape index (κ2) is 8.68. The molecule has 2 aromatic rings. The van der Waals surface area contributed by atoms with Gasteiger partial charge in [-0.05, 0) is 24.3 Å². The van der Waals surface area contributed by atoms with Crippen molar-refractivity contribution in [3.63, 3.8) is 0 Å². The SMILES string of the molecule is O=C(CSc1ccc([N+](=O)[O-])cc1)N1CCN(C(=O)c2ccccc2)CC1. The van der Waals surface area contributed by atoms with Crippen LogP contribution in [0, 0.1) is 10.1 Å². The van der Waals surface area contributed by atoms with E-state index in [0.29, 0.717) is 31.7 Å². The lowest BCUT2D eigenvalue weighted by Crippen LogP contribution is -2.51. The average molecular weight is 385 g/mol. The number of nitro groups is 1. The third-order valence-electron chi connectivity index (χ3n) is 4.35. The summed E-state index contributed by atoms with van der Waals surface area (Å²) in [5.41, 5.74) is 0.691. The molecule has 0 bridgehead atoms. The zero-order valence-electron chi connectivity index (χ0n) is 14.6. The third kappa shape index (κ3) is 4.85. The predicted octanol–water partition coefficient (Wildman–Crippen LogP) is 2.67. The molecule has 0 N–H and O–H groups in total. The number of thioether (sulfide) groups is 1. The molecule has 1 aliphatic heterocycles. The Labute approximate surface area is 161 Å². The highest BCUT2D eigenvalue weighted by molar-refractivity contribution is 8.00. The molecule has 3 rings (SSSR count). The van der Waals surface area contributed by atoms with Crippen molar-refractivity contribution in [2.45, 2.75) is 4.90 Å². The van der Waals surface area contributed by atoms with Crippen molar-refractivity contribution in [3.8, 4) is 0 Å². The van der Waals surface area contributed by atoms with E-state index in [0.717, 1.165) is 4.90 Å². The van der Waals surface area contributed by atoms with E-state index in [1.165, 1.54) is 23.9 Å². The molecule has 8 heteroatoms. The van der Waals surface area contributed by atoms with E-state index >= 15 is 0 Å². The Morgan fingerprint density at radius 2 is 1.52 bits per heavy atom. The molecule has 2 amide bonds. The smallest absolute Gasteiger partial charge is 0.269 e. The van der Waals surface area contributed by atoms with Crippen LogP contribution in [0.2, 0.25) is 0 Å². The molecule has 0 spiro atoms. The first-order chi connectivity index (χ1) is 13.0. The Kier molecular flexibility index (Phi) is 6.08. The number of rotatable bonds is 5. The summed E-state index contributed by atoms with van der Waals surface area (Å²) in [4.78, 5) is 39.4. The Morgan fingerprint density at radius 1 is 0.926 bits per heavy atom. The van der Waals surface area contributed by atoms with Crippen molar-refractivity contribution in [2.75, 3.05) is 31.9 Å². The zero-order valence-corrected chi connectivity index (χ0v) is 15.4. The summed E-state index contributed by atoms with van der Waals surface area (Å²) >= 11 is 1.35. The summed E-state index contributed by atoms with van der Waals surface area (Å²) in [6.45, 7) is 2.06. The highest BCUT2D eigenvalue weighted by Crippen LogP contribution is 2.22. The maximum absolute atomic E-state index is 12.4. The van der Waals surface area contributed by atoms with Crippen LogP contribution in [0.5, 0.6) is 0 Å². The van der Waals surface area contributed by atoms with Crippen LogP contribution in [0.4, 0.5) is 5.69 Å². The Morgan fingerprint density at radius 3 is 2.11 bits per heavy atom. The molecule has 1 heterocycles.